The zero-order chi connectivity index (χ0) is 21.2. The van der Waals surface area contributed by atoms with Crippen LogP contribution in [-0.4, -0.2) is 51.7 Å². The summed E-state index contributed by atoms with van der Waals surface area (Å²) in [6.07, 6.45) is 7.61. The summed E-state index contributed by atoms with van der Waals surface area (Å²) in [4.78, 5) is 26.4. The van der Waals surface area contributed by atoms with E-state index < -0.39 is 0 Å². The molecule has 3 aromatic heterocycles. The molecule has 7 nitrogen and oxygen atoms in total. The molecular weight excluding hydrogens is 414 g/mol. The molecule has 0 radical (unpaired) electrons. The van der Waals surface area contributed by atoms with E-state index in [2.05, 4.69) is 19.8 Å². The average molecular weight is 438 g/mol. The summed E-state index contributed by atoms with van der Waals surface area (Å²) < 4.78 is 7.26. The molecule has 0 spiro atoms. The van der Waals surface area contributed by atoms with E-state index in [1.807, 2.05) is 12.1 Å². The Morgan fingerprint density at radius 1 is 1.06 bits per heavy atom. The zero-order valence-electron chi connectivity index (χ0n) is 17.2. The number of rotatable bonds is 5. The van der Waals surface area contributed by atoms with Crippen LogP contribution >= 0.6 is 11.6 Å². The van der Waals surface area contributed by atoms with Crippen LogP contribution in [0, 0.1) is 0 Å². The van der Waals surface area contributed by atoms with Crippen molar-refractivity contribution < 1.29 is 4.74 Å². The molecule has 0 saturated carbocycles. The number of nitrogens with zero attached hydrogens (tertiary/aromatic N) is 5. The molecule has 0 aromatic carbocycles. The van der Waals surface area contributed by atoms with Gasteiger partial charge in [-0.3, -0.25) is 19.2 Å². The Labute approximate surface area is 185 Å². The van der Waals surface area contributed by atoms with Crippen LogP contribution in [0.15, 0.2) is 59.8 Å². The first-order valence-electron chi connectivity index (χ1n) is 10.6. The van der Waals surface area contributed by atoms with Crippen molar-refractivity contribution in [3.05, 3.63) is 76.1 Å². The Balaban J connectivity index is 1.25. The highest BCUT2D eigenvalue weighted by Gasteiger charge is 2.30. The maximum Gasteiger partial charge on any atom is 0.258 e. The molecule has 0 bridgehead atoms. The molecule has 5 heterocycles. The van der Waals surface area contributed by atoms with Gasteiger partial charge >= 0.3 is 0 Å². The first-order valence-corrected chi connectivity index (χ1v) is 10.9. The minimum atomic E-state index is -0.171. The van der Waals surface area contributed by atoms with Gasteiger partial charge in [0, 0.05) is 44.1 Å². The molecule has 3 aromatic rings. The fraction of sp³-hybridized carbons (Fsp3) is 0.348. The lowest BCUT2D eigenvalue weighted by Crippen LogP contribution is -2.50. The van der Waals surface area contributed by atoms with Gasteiger partial charge in [0.15, 0.2) is 0 Å². The molecule has 1 atom stereocenters. The smallest absolute Gasteiger partial charge is 0.258 e. The van der Waals surface area contributed by atoms with Crippen molar-refractivity contribution in [3.63, 3.8) is 0 Å². The summed E-state index contributed by atoms with van der Waals surface area (Å²) in [5.74, 6) is 1.47. The third-order valence-corrected chi connectivity index (χ3v) is 6.21. The van der Waals surface area contributed by atoms with Gasteiger partial charge in [0.05, 0.1) is 22.6 Å². The molecule has 8 heteroatoms. The van der Waals surface area contributed by atoms with E-state index in [1.54, 1.807) is 41.4 Å². The van der Waals surface area contributed by atoms with Gasteiger partial charge in [-0.25, -0.2) is 4.98 Å². The summed E-state index contributed by atoms with van der Waals surface area (Å²) in [6, 6.07) is 11.4. The minimum Gasteiger partial charge on any atom is -0.487 e. The van der Waals surface area contributed by atoms with Crippen LogP contribution in [0.2, 0.25) is 5.02 Å². The maximum atomic E-state index is 12.6. The van der Waals surface area contributed by atoms with Crippen molar-refractivity contribution in [2.24, 2.45) is 0 Å². The fourth-order valence-electron chi connectivity index (χ4n) is 4.32. The van der Waals surface area contributed by atoms with Crippen molar-refractivity contribution in [2.45, 2.75) is 25.5 Å². The van der Waals surface area contributed by atoms with E-state index in [9.17, 15) is 4.79 Å². The molecule has 0 amide bonds. The number of fused-ring (bicyclic) bond motifs is 1. The molecule has 160 valence electrons. The van der Waals surface area contributed by atoms with Crippen LogP contribution < -0.4 is 15.2 Å². The number of aromatic nitrogens is 3. The molecule has 31 heavy (non-hydrogen) atoms. The maximum absolute atomic E-state index is 12.6. The Morgan fingerprint density at radius 2 is 2.00 bits per heavy atom. The summed E-state index contributed by atoms with van der Waals surface area (Å²) in [5, 5.41) is 0.576. The standard InChI is InChI=1S/C23H24ClN5O2/c24-17-3-4-18(25-13-17)16-31-21-7-9-29(23(30)12-21)19-5-6-22(26-14-19)28-11-10-27-8-1-2-20(27)15-28/h3-7,9,12-14,20H,1-2,8,10-11,15-16H2. The molecule has 2 fully saturated rings. The lowest BCUT2D eigenvalue weighted by Gasteiger charge is -2.38. The highest BCUT2D eigenvalue weighted by Crippen LogP contribution is 2.24. The van der Waals surface area contributed by atoms with Gasteiger partial charge < -0.3 is 9.64 Å². The van der Waals surface area contributed by atoms with Crippen LogP contribution in [-0.2, 0) is 6.61 Å². The molecule has 0 aliphatic carbocycles. The van der Waals surface area contributed by atoms with Crippen molar-refractivity contribution in [3.8, 4) is 11.4 Å². The molecule has 1 unspecified atom stereocenters. The van der Waals surface area contributed by atoms with E-state index in [4.69, 9.17) is 16.3 Å². The Hall–Kier alpha value is -2.90. The Morgan fingerprint density at radius 3 is 2.77 bits per heavy atom. The molecule has 2 aliphatic rings. The zero-order valence-corrected chi connectivity index (χ0v) is 17.9. The molecule has 5 rings (SSSR count). The van der Waals surface area contributed by atoms with Crippen LogP contribution in [0.3, 0.4) is 0 Å². The van der Waals surface area contributed by atoms with Gasteiger partial charge in [-0.2, -0.15) is 0 Å². The van der Waals surface area contributed by atoms with E-state index in [0.717, 1.165) is 36.8 Å². The third kappa shape index (κ3) is 4.43. The lowest BCUT2D eigenvalue weighted by atomic mass is 10.1. The van der Waals surface area contributed by atoms with Crippen LogP contribution in [0.1, 0.15) is 18.5 Å². The summed E-state index contributed by atoms with van der Waals surface area (Å²) in [5.41, 5.74) is 1.31. The largest absolute Gasteiger partial charge is 0.487 e. The second-order valence-corrected chi connectivity index (χ2v) is 8.42. The van der Waals surface area contributed by atoms with Gasteiger partial charge in [-0.15, -0.1) is 0 Å². The van der Waals surface area contributed by atoms with Crippen molar-refractivity contribution in [1.29, 1.82) is 0 Å². The average Bonchev–Trinajstić information content (AvgIpc) is 3.27. The van der Waals surface area contributed by atoms with Gasteiger partial charge in [-0.05, 0) is 49.7 Å². The number of anilines is 1. The van der Waals surface area contributed by atoms with Crippen molar-refractivity contribution in [2.75, 3.05) is 31.1 Å². The first-order chi connectivity index (χ1) is 15.2. The number of ether oxygens (including phenoxy) is 1. The van der Waals surface area contributed by atoms with Gasteiger partial charge in [0.1, 0.15) is 18.2 Å². The Kier molecular flexibility index (Phi) is 5.61. The quantitative estimate of drug-likeness (QED) is 0.611. The number of hydrogen-bond donors (Lipinski definition) is 0. The SMILES string of the molecule is O=c1cc(OCc2ccc(Cl)cn2)ccn1-c1ccc(N2CCN3CCCC3C2)nc1. The van der Waals surface area contributed by atoms with Crippen molar-refractivity contribution >= 4 is 17.4 Å². The van der Waals surface area contributed by atoms with Gasteiger partial charge in [-0.1, -0.05) is 11.6 Å². The number of hydrogen-bond acceptors (Lipinski definition) is 6. The summed E-state index contributed by atoms with van der Waals surface area (Å²) in [6.45, 7) is 4.62. The highest BCUT2D eigenvalue weighted by atomic mass is 35.5. The first kappa shape index (κ1) is 20.0. The van der Waals surface area contributed by atoms with Crippen LogP contribution in [0.25, 0.3) is 5.69 Å². The second-order valence-electron chi connectivity index (χ2n) is 7.98. The molecule has 2 aliphatic heterocycles. The van der Waals surface area contributed by atoms with E-state index in [0.29, 0.717) is 16.8 Å². The van der Waals surface area contributed by atoms with E-state index in [1.165, 1.54) is 25.5 Å². The predicted octanol–water partition coefficient (Wildman–Crippen LogP) is 3.14. The van der Waals surface area contributed by atoms with Crippen molar-refractivity contribution in [1.82, 2.24) is 19.4 Å². The molecule has 0 N–H and O–H groups in total. The van der Waals surface area contributed by atoms with E-state index in [-0.39, 0.29) is 12.2 Å². The van der Waals surface area contributed by atoms with Crippen LogP contribution in [0.4, 0.5) is 5.82 Å². The van der Waals surface area contributed by atoms with Gasteiger partial charge in [0.25, 0.3) is 5.56 Å². The van der Waals surface area contributed by atoms with E-state index >= 15 is 0 Å². The molecular formula is C23H24ClN5O2. The third-order valence-electron chi connectivity index (χ3n) is 5.99. The normalized spacial score (nSPS) is 18.7. The minimum absolute atomic E-state index is 0.171. The Bertz CT molecular complexity index is 1100. The summed E-state index contributed by atoms with van der Waals surface area (Å²) >= 11 is 5.84. The number of halogens is 1. The topological polar surface area (TPSA) is 63.5 Å². The van der Waals surface area contributed by atoms with Gasteiger partial charge in [0.2, 0.25) is 0 Å². The lowest BCUT2D eigenvalue weighted by molar-refractivity contribution is 0.230. The number of piperazine rings is 1. The highest BCUT2D eigenvalue weighted by molar-refractivity contribution is 6.30. The predicted molar refractivity (Wildman–Crippen MR) is 120 cm³/mol. The summed E-state index contributed by atoms with van der Waals surface area (Å²) in [7, 11) is 0. The monoisotopic (exact) mass is 437 g/mol. The number of pyridine rings is 3. The fourth-order valence-corrected chi connectivity index (χ4v) is 4.43. The molecule has 2 saturated heterocycles. The van der Waals surface area contributed by atoms with Crippen LogP contribution in [0.5, 0.6) is 5.75 Å². The second kappa shape index (κ2) is 8.69.